The minimum absolute atomic E-state index is 0.0282. The molecule has 0 atom stereocenters. The second-order valence-corrected chi connectivity index (χ2v) is 9.09. The smallest absolute Gasteiger partial charge is 0.243 e. The third kappa shape index (κ3) is 4.41. The Balaban J connectivity index is 1.68. The number of carbonyl (C=O) groups is 3. The molecule has 1 aromatic rings. The summed E-state index contributed by atoms with van der Waals surface area (Å²) in [6.45, 7) is 2.79. The first-order valence-corrected chi connectivity index (χ1v) is 11.0. The second-order valence-electron chi connectivity index (χ2n) is 7.18. The molecule has 152 valence electrons. The Morgan fingerprint density at radius 2 is 1.71 bits per heavy atom. The Labute approximate surface area is 164 Å². The zero-order chi connectivity index (χ0) is 20.3. The lowest BCUT2D eigenvalue weighted by molar-refractivity contribution is -0.138. The molecule has 0 spiro atoms. The van der Waals surface area contributed by atoms with Gasteiger partial charge in [-0.25, -0.2) is 8.42 Å². The van der Waals surface area contributed by atoms with E-state index in [0.29, 0.717) is 24.3 Å². The van der Waals surface area contributed by atoms with Gasteiger partial charge in [-0.3, -0.25) is 19.3 Å². The molecule has 28 heavy (non-hydrogen) atoms. The van der Waals surface area contributed by atoms with E-state index < -0.39 is 10.0 Å². The fraction of sp³-hybridized carbons (Fsp3) is 0.526. The van der Waals surface area contributed by atoms with Crippen molar-refractivity contribution < 1.29 is 22.8 Å². The Hall–Kier alpha value is -2.26. The fourth-order valence-corrected chi connectivity index (χ4v) is 5.28. The van der Waals surface area contributed by atoms with Crippen LogP contribution in [0.5, 0.6) is 0 Å². The summed E-state index contributed by atoms with van der Waals surface area (Å²) >= 11 is 0. The van der Waals surface area contributed by atoms with Crippen LogP contribution in [0.3, 0.4) is 0 Å². The second kappa shape index (κ2) is 8.40. The lowest BCUT2D eigenvalue weighted by Gasteiger charge is -2.26. The Bertz CT molecular complexity index is 875. The summed E-state index contributed by atoms with van der Waals surface area (Å²) < 4.78 is 27.4. The largest absolute Gasteiger partial charge is 0.326 e. The SMILES string of the molecule is Cc1ccc(NC(=O)CCN2C(=O)CCC2=O)cc1S(=O)(=O)N1CCCCC1. The summed E-state index contributed by atoms with van der Waals surface area (Å²) in [6.07, 6.45) is 3.08. The van der Waals surface area contributed by atoms with Gasteiger partial charge in [0.2, 0.25) is 27.7 Å². The maximum atomic E-state index is 12.9. The predicted octanol–water partition coefficient (Wildman–Crippen LogP) is 1.65. The molecule has 0 radical (unpaired) electrons. The third-order valence-corrected chi connectivity index (χ3v) is 7.16. The molecule has 8 nitrogen and oxygen atoms in total. The van der Waals surface area contributed by atoms with Gasteiger partial charge in [0.25, 0.3) is 0 Å². The average molecular weight is 407 g/mol. The van der Waals surface area contributed by atoms with Gasteiger partial charge in [-0.15, -0.1) is 0 Å². The highest BCUT2D eigenvalue weighted by atomic mass is 32.2. The van der Waals surface area contributed by atoms with E-state index in [1.165, 1.54) is 10.4 Å². The van der Waals surface area contributed by atoms with Crippen LogP contribution in [0.2, 0.25) is 0 Å². The molecule has 0 bridgehead atoms. The van der Waals surface area contributed by atoms with E-state index in [1.807, 2.05) is 0 Å². The van der Waals surface area contributed by atoms with Crippen LogP contribution in [0.15, 0.2) is 23.1 Å². The predicted molar refractivity (Wildman–Crippen MR) is 103 cm³/mol. The van der Waals surface area contributed by atoms with E-state index in [9.17, 15) is 22.8 Å². The summed E-state index contributed by atoms with van der Waals surface area (Å²) in [5, 5.41) is 2.67. The number of piperidine rings is 1. The Morgan fingerprint density at radius 1 is 1.07 bits per heavy atom. The normalized spacial score (nSPS) is 18.5. The number of carbonyl (C=O) groups excluding carboxylic acids is 3. The van der Waals surface area contributed by atoms with Crippen molar-refractivity contribution >= 4 is 33.4 Å². The number of hydrogen-bond donors (Lipinski definition) is 1. The van der Waals surface area contributed by atoms with Gasteiger partial charge in [-0.1, -0.05) is 12.5 Å². The molecule has 0 aromatic heterocycles. The molecule has 0 aliphatic carbocycles. The first-order valence-electron chi connectivity index (χ1n) is 9.53. The van der Waals surface area contributed by atoms with Gasteiger partial charge in [0.05, 0.1) is 4.90 Å². The summed E-state index contributed by atoms with van der Waals surface area (Å²) in [4.78, 5) is 36.7. The number of nitrogens with one attached hydrogen (secondary N) is 1. The quantitative estimate of drug-likeness (QED) is 0.722. The highest BCUT2D eigenvalue weighted by molar-refractivity contribution is 7.89. The highest BCUT2D eigenvalue weighted by Crippen LogP contribution is 2.26. The Kier molecular flexibility index (Phi) is 6.14. The van der Waals surface area contributed by atoms with Crippen molar-refractivity contribution in [1.29, 1.82) is 0 Å². The molecule has 2 saturated heterocycles. The number of rotatable bonds is 6. The maximum Gasteiger partial charge on any atom is 0.243 e. The molecule has 0 unspecified atom stereocenters. The minimum Gasteiger partial charge on any atom is -0.326 e. The van der Waals surface area contributed by atoms with Crippen molar-refractivity contribution in [3.05, 3.63) is 23.8 Å². The summed E-state index contributed by atoms with van der Waals surface area (Å²) in [7, 11) is -3.61. The molecule has 2 fully saturated rings. The van der Waals surface area contributed by atoms with Crippen LogP contribution < -0.4 is 5.32 Å². The number of anilines is 1. The molecule has 3 rings (SSSR count). The van der Waals surface area contributed by atoms with E-state index in [4.69, 9.17) is 0 Å². The van der Waals surface area contributed by atoms with Gasteiger partial charge in [0.15, 0.2) is 0 Å². The standard InChI is InChI=1S/C19H25N3O5S/c1-14-5-6-15(13-16(14)28(26,27)21-10-3-2-4-11-21)20-17(23)9-12-22-18(24)7-8-19(22)25/h5-6,13H,2-4,7-12H2,1H3,(H,20,23). The van der Waals surface area contributed by atoms with Crippen LogP contribution in [-0.2, 0) is 24.4 Å². The van der Waals surface area contributed by atoms with Crippen LogP contribution in [0.4, 0.5) is 5.69 Å². The van der Waals surface area contributed by atoms with Gasteiger partial charge < -0.3 is 5.32 Å². The average Bonchev–Trinajstić information content (AvgIpc) is 3.00. The van der Waals surface area contributed by atoms with Crippen LogP contribution in [0.1, 0.15) is 44.1 Å². The van der Waals surface area contributed by atoms with E-state index in [0.717, 1.165) is 24.2 Å². The maximum absolute atomic E-state index is 12.9. The number of likely N-dealkylation sites (tertiary alicyclic amines) is 1. The van der Waals surface area contributed by atoms with Crippen LogP contribution in [0, 0.1) is 6.92 Å². The molecule has 9 heteroatoms. The number of hydrogen-bond acceptors (Lipinski definition) is 5. The number of imide groups is 1. The van der Waals surface area contributed by atoms with Gasteiger partial charge in [-0.05, 0) is 37.5 Å². The topological polar surface area (TPSA) is 104 Å². The number of aryl methyl sites for hydroxylation is 1. The molecular formula is C19H25N3O5S. The van der Waals surface area contributed by atoms with E-state index in [-0.39, 0.29) is 48.4 Å². The van der Waals surface area contributed by atoms with E-state index >= 15 is 0 Å². The highest BCUT2D eigenvalue weighted by Gasteiger charge is 2.29. The van der Waals surface area contributed by atoms with Crippen molar-refractivity contribution in [2.24, 2.45) is 0 Å². The first-order chi connectivity index (χ1) is 13.3. The summed E-state index contributed by atoms with van der Waals surface area (Å²) in [5.74, 6) is -0.899. The van der Waals surface area contributed by atoms with E-state index in [1.54, 1.807) is 19.1 Å². The number of amides is 3. The van der Waals surface area contributed by atoms with Crippen molar-refractivity contribution in [2.75, 3.05) is 25.0 Å². The number of nitrogens with zero attached hydrogens (tertiary/aromatic N) is 2. The van der Waals surface area contributed by atoms with Crippen molar-refractivity contribution in [3.63, 3.8) is 0 Å². The molecule has 2 heterocycles. The van der Waals surface area contributed by atoms with E-state index in [2.05, 4.69) is 5.32 Å². The van der Waals surface area contributed by atoms with Crippen LogP contribution >= 0.6 is 0 Å². The molecule has 1 N–H and O–H groups in total. The molecule has 0 saturated carbocycles. The third-order valence-electron chi connectivity index (χ3n) is 5.12. The molecule has 3 amide bonds. The monoisotopic (exact) mass is 407 g/mol. The van der Waals surface area contributed by atoms with Gasteiger partial charge in [-0.2, -0.15) is 4.31 Å². The van der Waals surface area contributed by atoms with Crippen molar-refractivity contribution in [3.8, 4) is 0 Å². The zero-order valence-corrected chi connectivity index (χ0v) is 16.8. The van der Waals surface area contributed by atoms with Gasteiger partial charge >= 0.3 is 0 Å². The molecule has 2 aliphatic rings. The lowest BCUT2D eigenvalue weighted by Crippen LogP contribution is -2.36. The molecular weight excluding hydrogens is 382 g/mol. The zero-order valence-electron chi connectivity index (χ0n) is 15.9. The number of sulfonamides is 1. The van der Waals surface area contributed by atoms with Crippen molar-refractivity contribution in [2.45, 2.75) is 50.3 Å². The van der Waals surface area contributed by atoms with Gasteiger partial charge in [0.1, 0.15) is 0 Å². The molecule has 2 aliphatic heterocycles. The molecule has 1 aromatic carbocycles. The lowest BCUT2D eigenvalue weighted by atomic mass is 10.2. The van der Waals surface area contributed by atoms with Crippen LogP contribution in [-0.4, -0.2) is 55.0 Å². The van der Waals surface area contributed by atoms with Crippen LogP contribution in [0.25, 0.3) is 0 Å². The summed E-state index contributed by atoms with van der Waals surface area (Å²) in [6, 6.07) is 4.79. The van der Waals surface area contributed by atoms with Crippen molar-refractivity contribution in [1.82, 2.24) is 9.21 Å². The number of benzene rings is 1. The minimum atomic E-state index is -3.61. The first kappa shape index (κ1) is 20.5. The fourth-order valence-electron chi connectivity index (χ4n) is 3.51. The summed E-state index contributed by atoms with van der Waals surface area (Å²) in [5.41, 5.74) is 1.00. The van der Waals surface area contributed by atoms with Gasteiger partial charge in [0, 0.05) is 44.6 Å². The Morgan fingerprint density at radius 3 is 2.36 bits per heavy atom.